The van der Waals surface area contributed by atoms with Gasteiger partial charge in [0.2, 0.25) is 0 Å². The third-order valence-corrected chi connectivity index (χ3v) is 3.23. The van der Waals surface area contributed by atoms with E-state index in [1.165, 1.54) is 22.3 Å². The molecule has 0 saturated heterocycles. The minimum atomic E-state index is 0.958. The van der Waals surface area contributed by atoms with Gasteiger partial charge in [-0.05, 0) is 54.3 Å². The first-order valence-electron chi connectivity index (χ1n) is 5.79. The van der Waals surface area contributed by atoms with Crippen molar-refractivity contribution < 1.29 is 4.42 Å². The zero-order chi connectivity index (χ0) is 11.8. The van der Waals surface area contributed by atoms with Crippen molar-refractivity contribution in [2.75, 3.05) is 0 Å². The van der Waals surface area contributed by atoms with Gasteiger partial charge in [0, 0.05) is 5.39 Å². The van der Waals surface area contributed by atoms with Gasteiger partial charge in [-0.3, -0.25) is 0 Å². The summed E-state index contributed by atoms with van der Waals surface area (Å²) in [6, 6.07) is 14.8. The number of hydrogen-bond donors (Lipinski definition) is 0. The van der Waals surface area contributed by atoms with E-state index in [4.69, 9.17) is 4.42 Å². The summed E-state index contributed by atoms with van der Waals surface area (Å²) in [7, 11) is 0. The Hall–Kier alpha value is -2.02. The monoisotopic (exact) mass is 222 g/mol. The molecule has 0 bridgehead atoms. The van der Waals surface area contributed by atoms with Gasteiger partial charge in [0.15, 0.2) is 0 Å². The van der Waals surface area contributed by atoms with Crippen molar-refractivity contribution in [2.24, 2.45) is 0 Å². The maximum Gasteiger partial charge on any atom is 0.134 e. The van der Waals surface area contributed by atoms with E-state index < -0.39 is 0 Å². The van der Waals surface area contributed by atoms with Crippen molar-refractivity contribution in [1.29, 1.82) is 0 Å². The zero-order valence-corrected chi connectivity index (χ0v) is 10.0. The van der Waals surface area contributed by atoms with Crippen LogP contribution >= 0.6 is 0 Å². The average Bonchev–Trinajstić information content (AvgIpc) is 2.76. The molecule has 0 atom stereocenters. The van der Waals surface area contributed by atoms with Crippen molar-refractivity contribution in [1.82, 2.24) is 0 Å². The maximum absolute atomic E-state index is 5.42. The molecule has 1 aromatic heterocycles. The molecule has 2 aromatic carbocycles. The molecular weight excluding hydrogens is 208 g/mol. The predicted molar refractivity (Wildman–Crippen MR) is 71.1 cm³/mol. The zero-order valence-electron chi connectivity index (χ0n) is 10.0. The van der Waals surface area contributed by atoms with Gasteiger partial charge in [-0.2, -0.15) is 0 Å². The summed E-state index contributed by atoms with van der Waals surface area (Å²) in [4.78, 5) is 0. The Morgan fingerprint density at radius 3 is 2.47 bits per heavy atom. The molecule has 0 unspecified atom stereocenters. The minimum absolute atomic E-state index is 0.958. The highest BCUT2D eigenvalue weighted by atomic mass is 16.3. The topological polar surface area (TPSA) is 13.1 Å². The fourth-order valence-electron chi connectivity index (χ4n) is 2.28. The lowest BCUT2D eigenvalue weighted by atomic mass is 9.95. The Balaban J connectivity index is 2.30. The molecule has 0 saturated carbocycles. The van der Waals surface area contributed by atoms with Crippen LogP contribution in [0.2, 0.25) is 0 Å². The van der Waals surface area contributed by atoms with Crippen LogP contribution in [0.5, 0.6) is 0 Å². The summed E-state index contributed by atoms with van der Waals surface area (Å²) in [6.45, 7) is 4.28. The van der Waals surface area contributed by atoms with Gasteiger partial charge in [0.1, 0.15) is 5.58 Å². The number of fused-ring (bicyclic) bond motifs is 1. The molecule has 0 aliphatic carbocycles. The summed E-state index contributed by atoms with van der Waals surface area (Å²) in [5.41, 5.74) is 6.10. The third-order valence-electron chi connectivity index (χ3n) is 3.23. The lowest BCUT2D eigenvalue weighted by Gasteiger charge is -2.09. The van der Waals surface area contributed by atoms with Crippen molar-refractivity contribution >= 4 is 11.0 Å². The normalized spacial score (nSPS) is 10.9. The van der Waals surface area contributed by atoms with Gasteiger partial charge in [-0.25, -0.2) is 0 Å². The summed E-state index contributed by atoms with van der Waals surface area (Å²) in [5, 5.41) is 1.16. The van der Waals surface area contributed by atoms with Gasteiger partial charge >= 0.3 is 0 Å². The number of furan rings is 1. The average molecular weight is 222 g/mol. The smallest absolute Gasteiger partial charge is 0.134 e. The van der Waals surface area contributed by atoms with Crippen LogP contribution in [-0.2, 0) is 0 Å². The first kappa shape index (κ1) is 10.2. The fourth-order valence-corrected chi connectivity index (χ4v) is 2.28. The van der Waals surface area contributed by atoms with E-state index >= 15 is 0 Å². The van der Waals surface area contributed by atoms with Gasteiger partial charge in [-0.15, -0.1) is 0 Å². The van der Waals surface area contributed by atoms with Crippen LogP contribution < -0.4 is 0 Å². The van der Waals surface area contributed by atoms with Crippen LogP contribution in [0.1, 0.15) is 11.1 Å². The van der Waals surface area contributed by atoms with Crippen LogP contribution in [-0.4, -0.2) is 0 Å². The highest BCUT2D eigenvalue weighted by molar-refractivity contribution is 5.86. The quantitative estimate of drug-likeness (QED) is 0.580. The van der Waals surface area contributed by atoms with Crippen LogP contribution in [0.4, 0.5) is 0 Å². The Morgan fingerprint density at radius 1 is 0.824 bits per heavy atom. The first-order chi connectivity index (χ1) is 8.25. The standard InChI is InChI=1S/C16H14O/c1-11-5-3-4-6-14(11)15-10-13-7-8-17-16(13)9-12(15)2/h3-10H,1-2H3. The van der Waals surface area contributed by atoms with E-state index in [2.05, 4.69) is 50.2 Å². The second-order valence-electron chi connectivity index (χ2n) is 4.44. The Labute approximate surface area is 101 Å². The summed E-state index contributed by atoms with van der Waals surface area (Å²) < 4.78 is 5.42. The molecule has 1 heterocycles. The van der Waals surface area contributed by atoms with Gasteiger partial charge in [-0.1, -0.05) is 24.3 Å². The SMILES string of the molecule is Cc1ccccc1-c1cc2ccoc2cc1C. The number of rotatable bonds is 1. The lowest BCUT2D eigenvalue weighted by Crippen LogP contribution is -1.86. The minimum Gasteiger partial charge on any atom is -0.464 e. The maximum atomic E-state index is 5.42. The van der Waals surface area contributed by atoms with E-state index in [1.807, 2.05) is 6.07 Å². The molecule has 0 amide bonds. The second-order valence-corrected chi connectivity index (χ2v) is 4.44. The number of aryl methyl sites for hydroxylation is 2. The van der Waals surface area contributed by atoms with E-state index in [1.54, 1.807) is 6.26 Å². The van der Waals surface area contributed by atoms with Crippen molar-refractivity contribution in [2.45, 2.75) is 13.8 Å². The molecule has 0 fully saturated rings. The highest BCUT2D eigenvalue weighted by Crippen LogP contribution is 2.30. The molecule has 0 aliphatic heterocycles. The molecule has 1 heteroatoms. The number of hydrogen-bond acceptors (Lipinski definition) is 1. The third kappa shape index (κ3) is 1.64. The molecular formula is C16H14O. The van der Waals surface area contributed by atoms with Crippen LogP contribution in [0, 0.1) is 13.8 Å². The molecule has 3 aromatic rings. The summed E-state index contributed by atoms with van der Waals surface area (Å²) >= 11 is 0. The molecule has 84 valence electrons. The largest absolute Gasteiger partial charge is 0.464 e. The number of benzene rings is 2. The Bertz CT molecular complexity index is 677. The van der Waals surface area contributed by atoms with Crippen molar-refractivity contribution in [3.8, 4) is 11.1 Å². The molecule has 3 rings (SSSR count). The van der Waals surface area contributed by atoms with Crippen molar-refractivity contribution in [3.63, 3.8) is 0 Å². The summed E-state index contributed by atoms with van der Waals surface area (Å²) in [6.07, 6.45) is 1.74. The molecule has 0 aliphatic rings. The fraction of sp³-hybridized carbons (Fsp3) is 0.125. The lowest BCUT2D eigenvalue weighted by molar-refractivity contribution is 0.615. The molecule has 17 heavy (non-hydrogen) atoms. The molecule has 0 N–H and O–H groups in total. The van der Waals surface area contributed by atoms with Crippen molar-refractivity contribution in [3.05, 3.63) is 59.9 Å². The predicted octanol–water partition coefficient (Wildman–Crippen LogP) is 4.72. The van der Waals surface area contributed by atoms with Gasteiger partial charge < -0.3 is 4.42 Å². The van der Waals surface area contributed by atoms with Gasteiger partial charge in [0.25, 0.3) is 0 Å². The van der Waals surface area contributed by atoms with E-state index in [0.29, 0.717) is 0 Å². The van der Waals surface area contributed by atoms with Gasteiger partial charge in [0.05, 0.1) is 6.26 Å². The molecule has 0 radical (unpaired) electrons. The van der Waals surface area contributed by atoms with Crippen LogP contribution in [0.15, 0.2) is 53.1 Å². The van der Waals surface area contributed by atoms with Crippen LogP contribution in [0.25, 0.3) is 22.1 Å². The summed E-state index contributed by atoms with van der Waals surface area (Å²) in [5.74, 6) is 0. The molecule has 1 nitrogen and oxygen atoms in total. The van der Waals surface area contributed by atoms with E-state index in [9.17, 15) is 0 Å². The molecule has 0 spiro atoms. The van der Waals surface area contributed by atoms with E-state index in [-0.39, 0.29) is 0 Å². The van der Waals surface area contributed by atoms with Crippen LogP contribution in [0.3, 0.4) is 0 Å². The Kier molecular flexibility index (Phi) is 2.25. The second kappa shape index (κ2) is 3.77. The van der Waals surface area contributed by atoms with E-state index in [0.717, 1.165) is 11.0 Å². The first-order valence-corrected chi connectivity index (χ1v) is 5.79. The highest BCUT2D eigenvalue weighted by Gasteiger charge is 2.07. The Morgan fingerprint density at radius 2 is 1.65 bits per heavy atom.